The molecule has 0 saturated heterocycles. The number of phenols is 1. The SMILES string of the molecule is NC(=O)C1=C(O)C[C@@H]2CC3=Cc4c(Cl)cc(S(=O)(=O)O)c(O)c4C(=O)C3=C(O)[C@]2(O)C1=O. The lowest BCUT2D eigenvalue weighted by molar-refractivity contribution is -0.142. The number of aromatic hydroxyl groups is 1. The van der Waals surface area contributed by atoms with Crippen molar-refractivity contribution < 1.29 is 47.8 Å². The molecule has 1 aromatic rings. The number of halogens is 1. The van der Waals surface area contributed by atoms with Crippen LogP contribution in [0.2, 0.25) is 5.02 Å². The number of hydrogen-bond acceptors (Lipinski definition) is 9. The molecule has 4 rings (SSSR count). The van der Waals surface area contributed by atoms with Crippen molar-refractivity contribution in [3.05, 3.63) is 50.5 Å². The largest absolute Gasteiger partial charge is 0.511 e. The van der Waals surface area contributed by atoms with Gasteiger partial charge >= 0.3 is 0 Å². The first-order chi connectivity index (χ1) is 14.7. The number of rotatable bonds is 2. The van der Waals surface area contributed by atoms with Crippen LogP contribution in [0.15, 0.2) is 39.2 Å². The van der Waals surface area contributed by atoms with Gasteiger partial charge in [0.1, 0.15) is 27.7 Å². The Kier molecular flexibility index (Phi) is 4.58. The molecular weight excluding hydrogens is 470 g/mol. The van der Waals surface area contributed by atoms with Crippen molar-refractivity contribution in [1.82, 2.24) is 0 Å². The van der Waals surface area contributed by atoms with Crippen LogP contribution >= 0.6 is 11.6 Å². The van der Waals surface area contributed by atoms with Crippen LogP contribution in [0.4, 0.5) is 0 Å². The molecular formula is C19H14ClNO10S. The van der Waals surface area contributed by atoms with Crippen LogP contribution in [0.3, 0.4) is 0 Å². The summed E-state index contributed by atoms with van der Waals surface area (Å²) < 4.78 is 32.4. The Morgan fingerprint density at radius 2 is 1.81 bits per heavy atom. The molecule has 0 radical (unpaired) electrons. The van der Waals surface area contributed by atoms with E-state index < -0.39 is 84.4 Å². The third-order valence-corrected chi connectivity index (χ3v) is 7.01. The minimum atomic E-state index is -4.99. The number of fused-ring (bicyclic) bond motifs is 3. The van der Waals surface area contributed by atoms with E-state index >= 15 is 0 Å². The normalized spacial score (nSPS) is 25.2. The van der Waals surface area contributed by atoms with Gasteiger partial charge in [0, 0.05) is 17.9 Å². The van der Waals surface area contributed by atoms with Crippen molar-refractivity contribution in [3.8, 4) is 5.75 Å². The maximum atomic E-state index is 13.2. The molecule has 0 aromatic heterocycles. The number of amides is 1. The van der Waals surface area contributed by atoms with E-state index in [0.717, 1.165) is 6.07 Å². The van der Waals surface area contributed by atoms with Gasteiger partial charge in [-0.25, -0.2) is 0 Å². The van der Waals surface area contributed by atoms with Crippen molar-refractivity contribution in [3.63, 3.8) is 0 Å². The third kappa shape index (κ3) is 2.73. The predicted molar refractivity (Wildman–Crippen MR) is 106 cm³/mol. The summed E-state index contributed by atoms with van der Waals surface area (Å²) >= 11 is 6.06. The minimum Gasteiger partial charge on any atom is -0.511 e. The van der Waals surface area contributed by atoms with Gasteiger partial charge in [-0.05, 0) is 24.1 Å². The molecule has 0 fully saturated rings. The number of aliphatic hydroxyl groups excluding tert-OH is 2. The molecule has 32 heavy (non-hydrogen) atoms. The highest BCUT2D eigenvalue weighted by atomic mass is 35.5. The van der Waals surface area contributed by atoms with Crippen LogP contribution in [0, 0.1) is 5.92 Å². The highest BCUT2D eigenvalue weighted by Crippen LogP contribution is 2.51. The fourth-order valence-corrected chi connectivity index (χ4v) is 5.29. The molecule has 3 aliphatic carbocycles. The molecule has 0 unspecified atom stereocenters. The highest BCUT2D eigenvalue weighted by Gasteiger charge is 2.58. The molecule has 2 atom stereocenters. The number of phenolic OH excluding ortho intramolecular Hbond substituents is 1. The average Bonchev–Trinajstić information content (AvgIpc) is 2.66. The van der Waals surface area contributed by atoms with Crippen LogP contribution in [0.5, 0.6) is 5.75 Å². The number of nitrogens with two attached hydrogens (primary N) is 1. The van der Waals surface area contributed by atoms with Crippen molar-refractivity contribution in [2.45, 2.75) is 23.3 Å². The molecule has 168 valence electrons. The number of hydrogen-bond donors (Lipinski definition) is 6. The summed E-state index contributed by atoms with van der Waals surface area (Å²) in [6, 6.07) is 0.737. The monoisotopic (exact) mass is 483 g/mol. The van der Waals surface area contributed by atoms with E-state index in [4.69, 9.17) is 17.3 Å². The van der Waals surface area contributed by atoms with Gasteiger partial charge in [0.2, 0.25) is 11.6 Å². The van der Waals surface area contributed by atoms with E-state index in [1.54, 1.807) is 0 Å². The van der Waals surface area contributed by atoms with Crippen LogP contribution in [0.25, 0.3) is 6.08 Å². The van der Waals surface area contributed by atoms with Gasteiger partial charge in [-0.15, -0.1) is 0 Å². The Morgan fingerprint density at radius 1 is 1.19 bits per heavy atom. The number of aliphatic hydroxyl groups is 3. The van der Waals surface area contributed by atoms with Gasteiger partial charge in [-0.2, -0.15) is 8.42 Å². The summed E-state index contributed by atoms with van der Waals surface area (Å²) in [5.41, 5.74) is 0.0582. The summed E-state index contributed by atoms with van der Waals surface area (Å²) in [7, 11) is -4.99. The van der Waals surface area contributed by atoms with E-state index in [0.29, 0.717) is 0 Å². The molecule has 1 aromatic carbocycles. The van der Waals surface area contributed by atoms with E-state index in [1.807, 2.05) is 0 Å². The van der Waals surface area contributed by atoms with Crippen molar-refractivity contribution in [2.75, 3.05) is 0 Å². The summed E-state index contributed by atoms with van der Waals surface area (Å²) in [6.45, 7) is 0. The predicted octanol–water partition coefficient (Wildman–Crippen LogP) is 0.705. The van der Waals surface area contributed by atoms with Crippen molar-refractivity contribution >= 4 is 45.3 Å². The van der Waals surface area contributed by atoms with E-state index in [-0.39, 0.29) is 22.6 Å². The lowest BCUT2D eigenvalue weighted by Gasteiger charge is -2.43. The van der Waals surface area contributed by atoms with Gasteiger partial charge in [0.15, 0.2) is 5.60 Å². The molecule has 0 heterocycles. The Labute approximate surface area is 184 Å². The fourth-order valence-electron chi connectivity index (χ4n) is 4.36. The number of carbonyl (C=O) groups is 3. The van der Waals surface area contributed by atoms with Gasteiger partial charge < -0.3 is 26.2 Å². The summed E-state index contributed by atoms with van der Waals surface area (Å²) in [5.74, 6) is -8.08. The number of carbonyl (C=O) groups excluding carboxylic acids is 3. The van der Waals surface area contributed by atoms with Gasteiger partial charge in [0.25, 0.3) is 16.0 Å². The summed E-state index contributed by atoms with van der Waals surface area (Å²) in [5, 5.41) is 42.0. The highest BCUT2D eigenvalue weighted by molar-refractivity contribution is 7.86. The molecule has 0 aliphatic heterocycles. The Morgan fingerprint density at radius 3 is 2.38 bits per heavy atom. The number of primary amides is 1. The molecule has 1 amide bonds. The molecule has 7 N–H and O–H groups in total. The Balaban J connectivity index is 2.00. The molecule has 0 spiro atoms. The standard InChI is InChI=1S/C19H14ClNO10S/c20-8-4-10(32(29,30)31)14(23)12-7(8)2-5-1-6-3-9(22)13(18(21)27)17(26)19(6,28)16(25)11(5)15(12)24/h2,4,6,22-23,25,28H,1,3H2,(H2,21,27)(H,29,30,31)/t6-,19-/m0/s1. The number of benzene rings is 1. The second-order valence-electron chi connectivity index (χ2n) is 7.58. The smallest absolute Gasteiger partial charge is 0.298 e. The lowest BCUT2D eigenvalue weighted by Crippen LogP contribution is -2.55. The second kappa shape index (κ2) is 6.65. The van der Waals surface area contributed by atoms with E-state index in [2.05, 4.69) is 0 Å². The molecule has 13 heteroatoms. The third-order valence-electron chi connectivity index (χ3n) is 5.83. The summed E-state index contributed by atoms with van der Waals surface area (Å²) in [4.78, 5) is 36.5. The lowest BCUT2D eigenvalue weighted by atomic mass is 9.63. The van der Waals surface area contributed by atoms with E-state index in [1.165, 1.54) is 6.08 Å². The molecule has 3 aliphatic rings. The summed E-state index contributed by atoms with van der Waals surface area (Å²) in [6.07, 6.45) is 0.587. The zero-order valence-electron chi connectivity index (χ0n) is 15.8. The van der Waals surface area contributed by atoms with Crippen LogP contribution in [-0.2, 0) is 19.7 Å². The average molecular weight is 484 g/mol. The second-order valence-corrected chi connectivity index (χ2v) is 9.37. The van der Waals surface area contributed by atoms with Crippen molar-refractivity contribution in [1.29, 1.82) is 0 Å². The molecule has 0 bridgehead atoms. The molecule has 0 saturated carbocycles. The first-order valence-corrected chi connectivity index (χ1v) is 10.7. The zero-order valence-corrected chi connectivity index (χ0v) is 17.4. The first kappa shape index (κ1) is 22.0. The quantitative estimate of drug-likeness (QED) is 0.256. The van der Waals surface area contributed by atoms with Crippen LogP contribution in [0.1, 0.15) is 28.8 Å². The van der Waals surface area contributed by atoms with Gasteiger partial charge in [0.05, 0.1) is 16.2 Å². The Hall–Kier alpha value is -3.19. The Bertz CT molecular complexity index is 1370. The van der Waals surface area contributed by atoms with Gasteiger partial charge in [-0.3, -0.25) is 18.9 Å². The molecule has 11 nitrogen and oxygen atoms in total. The number of allylic oxidation sites excluding steroid dienone is 3. The van der Waals surface area contributed by atoms with Gasteiger partial charge in [-0.1, -0.05) is 11.6 Å². The maximum Gasteiger partial charge on any atom is 0.298 e. The van der Waals surface area contributed by atoms with E-state index in [9.17, 15) is 47.8 Å². The van der Waals surface area contributed by atoms with Crippen LogP contribution in [-0.4, -0.2) is 56.5 Å². The fraction of sp³-hybridized carbons (Fsp3) is 0.211. The topological polar surface area (TPSA) is 213 Å². The zero-order chi connectivity index (χ0) is 23.9. The van der Waals surface area contributed by atoms with Crippen molar-refractivity contribution in [2.24, 2.45) is 11.7 Å². The number of Topliss-reactive ketones (excluding diaryl/α,β-unsaturated/α-hetero) is 2. The maximum absolute atomic E-state index is 13.2. The number of ketones is 2. The minimum absolute atomic E-state index is 0.0821. The van der Waals surface area contributed by atoms with Crippen LogP contribution < -0.4 is 5.73 Å². The first-order valence-electron chi connectivity index (χ1n) is 8.92.